The molecule has 5 heteroatoms. The molecule has 0 saturated heterocycles. The van der Waals surface area contributed by atoms with Gasteiger partial charge in [0.2, 0.25) is 0 Å². The maximum absolute atomic E-state index is 13.3. The molecule has 0 saturated carbocycles. The minimum absolute atomic E-state index is 0.134. The summed E-state index contributed by atoms with van der Waals surface area (Å²) in [5.74, 6) is 0.185. The first kappa shape index (κ1) is 14.0. The molecule has 0 bridgehead atoms. The molecule has 0 heterocycles. The van der Waals surface area contributed by atoms with E-state index >= 15 is 0 Å². The molecule has 0 aliphatic heterocycles. The van der Waals surface area contributed by atoms with Crippen LogP contribution in [0.25, 0.3) is 0 Å². The molecule has 2 rings (SSSR count). The first-order chi connectivity index (χ1) is 9.11. The summed E-state index contributed by atoms with van der Waals surface area (Å²) in [4.78, 5) is 0. The van der Waals surface area contributed by atoms with Crippen molar-refractivity contribution in [3.8, 4) is 5.75 Å². The normalized spacial score (nSPS) is 10.3. The van der Waals surface area contributed by atoms with E-state index < -0.39 is 5.82 Å². The van der Waals surface area contributed by atoms with Crippen LogP contribution in [0.15, 0.2) is 36.4 Å². The highest BCUT2D eigenvalue weighted by Gasteiger charge is 2.06. The second kappa shape index (κ2) is 6.13. The van der Waals surface area contributed by atoms with E-state index in [1.165, 1.54) is 6.07 Å². The Kier molecular flexibility index (Phi) is 4.51. The van der Waals surface area contributed by atoms with Crippen LogP contribution in [0.1, 0.15) is 5.56 Å². The smallest absolute Gasteiger partial charge is 0.142 e. The summed E-state index contributed by atoms with van der Waals surface area (Å²) in [7, 11) is 1.56. The molecule has 0 aliphatic rings. The molecule has 2 nitrogen and oxygen atoms in total. The molecule has 0 radical (unpaired) electrons. The maximum atomic E-state index is 13.3. The zero-order valence-corrected chi connectivity index (χ0v) is 11.7. The fraction of sp³-hybridized carbons (Fsp3) is 0.143. The standard InChI is InChI=1S/C14H12Cl2FNO/c1-19-13-6-5-10(7-11(13)15)18-8-9-3-2-4-12(17)14(9)16/h2-7,18H,8H2,1H3. The molecule has 0 aromatic heterocycles. The summed E-state index contributed by atoms with van der Waals surface area (Å²) < 4.78 is 18.3. The molecule has 1 N–H and O–H groups in total. The van der Waals surface area contributed by atoms with Crippen LogP contribution in [0, 0.1) is 5.82 Å². The predicted octanol–water partition coefficient (Wildman–Crippen LogP) is 4.75. The average molecular weight is 300 g/mol. The molecule has 0 atom stereocenters. The molecule has 0 spiro atoms. The van der Waals surface area contributed by atoms with E-state index in [9.17, 15) is 4.39 Å². The number of anilines is 1. The van der Waals surface area contributed by atoms with Crippen molar-refractivity contribution in [2.24, 2.45) is 0 Å². The average Bonchev–Trinajstić information content (AvgIpc) is 2.40. The summed E-state index contributed by atoms with van der Waals surface area (Å²) in [6.45, 7) is 0.416. The second-order valence-electron chi connectivity index (χ2n) is 3.92. The fourth-order valence-electron chi connectivity index (χ4n) is 1.66. The van der Waals surface area contributed by atoms with E-state index in [0.29, 0.717) is 22.9 Å². The van der Waals surface area contributed by atoms with Gasteiger partial charge in [0.25, 0.3) is 0 Å². The van der Waals surface area contributed by atoms with Crippen molar-refractivity contribution in [2.45, 2.75) is 6.54 Å². The summed E-state index contributed by atoms with van der Waals surface area (Å²) in [5, 5.41) is 3.78. The number of hydrogen-bond acceptors (Lipinski definition) is 2. The topological polar surface area (TPSA) is 21.3 Å². The van der Waals surface area contributed by atoms with Gasteiger partial charge in [0, 0.05) is 12.2 Å². The second-order valence-corrected chi connectivity index (χ2v) is 4.70. The van der Waals surface area contributed by atoms with E-state index in [2.05, 4.69) is 5.32 Å². The number of halogens is 3. The van der Waals surface area contributed by atoms with Gasteiger partial charge < -0.3 is 10.1 Å². The van der Waals surface area contributed by atoms with Crippen LogP contribution in [0.3, 0.4) is 0 Å². The Balaban J connectivity index is 2.10. The zero-order chi connectivity index (χ0) is 13.8. The van der Waals surface area contributed by atoms with Gasteiger partial charge in [-0.2, -0.15) is 0 Å². The Bertz CT molecular complexity index is 590. The van der Waals surface area contributed by atoms with Crippen LogP contribution < -0.4 is 10.1 Å². The first-order valence-corrected chi connectivity index (χ1v) is 6.37. The van der Waals surface area contributed by atoms with Crippen molar-refractivity contribution in [1.82, 2.24) is 0 Å². The maximum Gasteiger partial charge on any atom is 0.142 e. The number of benzene rings is 2. The summed E-state index contributed by atoms with van der Waals surface area (Å²) in [6, 6.07) is 10.1. The largest absolute Gasteiger partial charge is 0.495 e. The Labute approximate surface area is 121 Å². The molecule has 2 aromatic carbocycles. The van der Waals surface area contributed by atoms with E-state index in [-0.39, 0.29) is 5.02 Å². The lowest BCUT2D eigenvalue weighted by Gasteiger charge is -2.10. The van der Waals surface area contributed by atoms with Crippen LogP contribution in [-0.4, -0.2) is 7.11 Å². The van der Waals surface area contributed by atoms with Crippen LogP contribution in [0.4, 0.5) is 10.1 Å². The van der Waals surface area contributed by atoms with Crippen molar-refractivity contribution in [2.75, 3.05) is 12.4 Å². The van der Waals surface area contributed by atoms with Crippen molar-refractivity contribution < 1.29 is 9.13 Å². The Morgan fingerprint density at radius 2 is 2.00 bits per heavy atom. The van der Waals surface area contributed by atoms with E-state index in [1.807, 2.05) is 6.07 Å². The molecular formula is C14H12Cl2FNO. The Hall–Kier alpha value is -1.45. The summed E-state index contributed by atoms with van der Waals surface area (Å²) >= 11 is 11.9. The Morgan fingerprint density at radius 1 is 1.21 bits per heavy atom. The zero-order valence-electron chi connectivity index (χ0n) is 10.2. The van der Waals surface area contributed by atoms with Crippen molar-refractivity contribution in [3.05, 3.63) is 57.8 Å². The third-order valence-corrected chi connectivity index (χ3v) is 3.38. The SMILES string of the molecule is COc1ccc(NCc2cccc(F)c2Cl)cc1Cl. The minimum Gasteiger partial charge on any atom is -0.495 e. The molecule has 2 aromatic rings. The highest BCUT2D eigenvalue weighted by Crippen LogP contribution is 2.28. The molecule has 0 fully saturated rings. The van der Waals surface area contributed by atoms with E-state index in [1.54, 1.807) is 31.4 Å². The number of methoxy groups -OCH3 is 1. The van der Waals surface area contributed by atoms with E-state index in [4.69, 9.17) is 27.9 Å². The van der Waals surface area contributed by atoms with Gasteiger partial charge >= 0.3 is 0 Å². The molecule has 0 aliphatic carbocycles. The van der Waals surface area contributed by atoms with Crippen molar-refractivity contribution >= 4 is 28.9 Å². The predicted molar refractivity (Wildman–Crippen MR) is 76.7 cm³/mol. The fourth-order valence-corrected chi connectivity index (χ4v) is 2.11. The lowest BCUT2D eigenvalue weighted by Crippen LogP contribution is -2.01. The van der Waals surface area contributed by atoms with Gasteiger partial charge in [0.1, 0.15) is 11.6 Å². The highest BCUT2D eigenvalue weighted by molar-refractivity contribution is 6.32. The van der Waals surface area contributed by atoms with Crippen molar-refractivity contribution in [3.63, 3.8) is 0 Å². The molecule has 19 heavy (non-hydrogen) atoms. The lowest BCUT2D eigenvalue weighted by molar-refractivity contribution is 0.415. The highest BCUT2D eigenvalue weighted by atomic mass is 35.5. The number of nitrogens with one attached hydrogen (secondary N) is 1. The van der Waals surface area contributed by atoms with Crippen LogP contribution in [0.5, 0.6) is 5.75 Å². The van der Waals surface area contributed by atoms with Gasteiger partial charge in [-0.05, 0) is 29.8 Å². The number of rotatable bonds is 4. The molecule has 100 valence electrons. The lowest BCUT2D eigenvalue weighted by atomic mass is 10.2. The third kappa shape index (κ3) is 3.31. The van der Waals surface area contributed by atoms with Crippen LogP contribution >= 0.6 is 23.2 Å². The summed E-state index contributed by atoms with van der Waals surface area (Å²) in [6.07, 6.45) is 0. The van der Waals surface area contributed by atoms with Gasteiger partial charge in [0.15, 0.2) is 0 Å². The van der Waals surface area contributed by atoms with Crippen LogP contribution in [-0.2, 0) is 6.54 Å². The minimum atomic E-state index is -0.422. The van der Waals surface area contributed by atoms with Gasteiger partial charge in [-0.3, -0.25) is 0 Å². The number of ether oxygens (including phenoxy) is 1. The van der Waals surface area contributed by atoms with Gasteiger partial charge in [-0.1, -0.05) is 35.3 Å². The van der Waals surface area contributed by atoms with E-state index in [0.717, 1.165) is 5.69 Å². The Morgan fingerprint density at radius 3 is 2.68 bits per heavy atom. The van der Waals surface area contributed by atoms with Gasteiger partial charge in [0.05, 0.1) is 17.2 Å². The number of hydrogen-bond donors (Lipinski definition) is 1. The first-order valence-electron chi connectivity index (χ1n) is 5.62. The molecular weight excluding hydrogens is 288 g/mol. The van der Waals surface area contributed by atoms with Crippen LogP contribution in [0.2, 0.25) is 10.0 Å². The molecule has 0 unspecified atom stereocenters. The monoisotopic (exact) mass is 299 g/mol. The molecule has 0 amide bonds. The van der Waals surface area contributed by atoms with Crippen molar-refractivity contribution in [1.29, 1.82) is 0 Å². The quantitative estimate of drug-likeness (QED) is 0.879. The van der Waals surface area contributed by atoms with Gasteiger partial charge in [-0.25, -0.2) is 4.39 Å². The summed E-state index contributed by atoms with van der Waals surface area (Å²) in [5.41, 5.74) is 1.50. The van der Waals surface area contributed by atoms with Gasteiger partial charge in [-0.15, -0.1) is 0 Å². The third-order valence-electron chi connectivity index (χ3n) is 2.67.